The zero-order valence-electron chi connectivity index (χ0n) is 17.5. The minimum Gasteiger partial charge on any atom is -0.378 e. The first-order chi connectivity index (χ1) is 14.6. The van der Waals surface area contributed by atoms with Crippen LogP contribution in [0.5, 0.6) is 0 Å². The van der Waals surface area contributed by atoms with Crippen molar-refractivity contribution in [2.24, 2.45) is 0 Å². The number of carbonyl (C=O) groups is 3. The Balaban J connectivity index is 1.63. The van der Waals surface area contributed by atoms with Gasteiger partial charge in [-0.15, -0.1) is 11.8 Å². The number of amides is 3. The first kappa shape index (κ1) is 22.6. The summed E-state index contributed by atoms with van der Waals surface area (Å²) in [6.45, 7) is 4.19. The number of hydrogen-bond donors (Lipinski definition) is 1. The largest absolute Gasteiger partial charge is 0.378 e. The molecular formula is C22H31N3O4S. The van der Waals surface area contributed by atoms with Gasteiger partial charge in [0.15, 0.2) is 0 Å². The average molecular weight is 434 g/mol. The standard InChI is InChI=1S/C22H31N3O4S/c1-17(22(28)24-11-13-29-14-12-24)30-20-10-6-5-9-19(20)25(16-26)15-21(27)23-18-7-3-2-4-8-18/h5-6,9-10,16-18H,2-4,7-8,11-15H2,1H3,(H,23,27). The van der Waals surface area contributed by atoms with E-state index >= 15 is 0 Å². The van der Waals surface area contributed by atoms with Crippen molar-refractivity contribution >= 4 is 35.7 Å². The summed E-state index contributed by atoms with van der Waals surface area (Å²) in [5.74, 6) is -0.0861. The van der Waals surface area contributed by atoms with E-state index in [-0.39, 0.29) is 29.7 Å². The van der Waals surface area contributed by atoms with Crippen molar-refractivity contribution in [3.63, 3.8) is 0 Å². The molecule has 30 heavy (non-hydrogen) atoms. The van der Waals surface area contributed by atoms with Crippen LogP contribution in [0.2, 0.25) is 0 Å². The van der Waals surface area contributed by atoms with Gasteiger partial charge in [-0.25, -0.2) is 0 Å². The van der Waals surface area contributed by atoms with Gasteiger partial charge in [0.05, 0.1) is 24.2 Å². The normalized spacial score (nSPS) is 18.5. The van der Waals surface area contributed by atoms with E-state index in [0.717, 1.165) is 30.6 Å². The molecule has 1 aliphatic carbocycles. The summed E-state index contributed by atoms with van der Waals surface area (Å²) >= 11 is 1.41. The van der Waals surface area contributed by atoms with E-state index in [2.05, 4.69) is 5.32 Å². The van der Waals surface area contributed by atoms with Crippen molar-refractivity contribution in [3.05, 3.63) is 24.3 Å². The predicted octanol–water partition coefficient (Wildman–Crippen LogP) is 2.44. The molecule has 8 heteroatoms. The van der Waals surface area contributed by atoms with Gasteiger partial charge in [0.2, 0.25) is 18.2 Å². The second-order valence-corrected chi connectivity index (χ2v) is 9.18. The molecule has 1 atom stereocenters. The van der Waals surface area contributed by atoms with E-state index in [1.807, 2.05) is 36.1 Å². The van der Waals surface area contributed by atoms with Crippen LogP contribution >= 0.6 is 11.8 Å². The molecule has 2 fully saturated rings. The fraction of sp³-hybridized carbons (Fsp3) is 0.591. The van der Waals surface area contributed by atoms with Crippen LogP contribution in [0.4, 0.5) is 5.69 Å². The fourth-order valence-corrected chi connectivity index (χ4v) is 5.02. The highest BCUT2D eigenvalue weighted by Crippen LogP contribution is 2.33. The fourth-order valence-electron chi connectivity index (χ4n) is 3.93. The van der Waals surface area contributed by atoms with Crippen LogP contribution in [0.15, 0.2) is 29.2 Å². The highest BCUT2D eigenvalue weighted by atomic mass is 32.2. The number of ether oxygens (including phenoxy) is 1. The molecule has 0 aromatic heterocycles. The van der Waals surface area contributed by atoms with Crippen LogP contribution in [-0.2, 0) is 19.1 Å². The summed E-state index contributed by atoms with van der Waals surface area (Å²) in [4.78, 5) is 41.1. The van der Waals surface area contributed by atoms with Crippen LogP contribution < -0.4 is 10.2 Å². The molecule has 1 N–H and O–H groups in total. The van der Waals surface area contributed by atoms with E-state index in [4.69, 9.17) is 4.74 Å². The Morgan fingerprint density at radius 2 is 1.93 bits per heavy atom. The maximum Gasteiger partial charge on any atom is 0.240 e. The van der Waals surface area contributed by atoms with Gasteiger partial charge in [-0.3, -0.25) is 14.4 Å². The van der Waals surface area contributed by atoms with Gasteiger partial charge in [0, 0.05) is 24.0 Å². The zero-order valence-corrected chi connectivity index (χ0v) is 18.4. The first-order valence-electron chi connectivity index (χ1n) is 10.7. The Hall–Kier alpha value is -2.06. The van der Waals surface area contributed by atoms with Gasteiger partial charge >= 0.3 is 0 Å². The second kappa shape index (κ2) is 11.4. The van der Waals surface area contributed by atoms with Gasteiger partial charge in [0.1, 0.15) is 6.54 Å². The third kappa shape index (κ3) is 6.22. The molecule has 1 saturated carbocycles. The van der Waals surface area contributed by atoms with Crippen molar-refractivity contribution < 1.29 is 19.1 Å². The minimum atomic E-state index is -0.297. The quantitative estimate of drug-likeness (QED) is 0.503. The minimum absolute atomic E-state index is 0.0244. The van der Waals surface area contributed by atoms with Gasteiger partial charge in [-0.2, -0.15) is 0 Å². The summed E-state index contributed by atoms with van der Waals surface area (Å²) in [5, 5.41) is 2.76. The molecule has 1 aromatic carbocycles. The van der Waals surface area contributed by atoms with Gasteiger partial charge in [0.25, 0.3) is 0 Å². The number of morpholine rings is 1. The summed E-state index contributed by atoms with van der Waals surface area (Å²) in [6.07, 6.45) is 6.18. The van der Waals surface area contributed by atoms with Gasteiger partial charge in [-0.05, 0) is 31.9 Å². The number of carbonyl (C=O) groups excluding carboxylic acids is 3. The molecule has 1 saturated heterocycles. The van der Waals surface area contributed by atoms with Crippen LogP contribution in [0.25, 0.3) is 0 Å². The molecule has 0 spiro atoms. The third-order valence-electron chi connectivity index (χ3n) is 5.56. The number of para-hydroxylation sites is 1. The lowest BCUT2D eigenvalue weighted by Gasteiger charge is -2.29. The Kier molecular flexibility index (Phi) is 8.57. The number of nitrogens with one attached hydrogen (secondary N) is 1. The predicted molar refractivity (Wildman–Crippen MR) is 118 cm³/mol. The maximum absolute atomic E-state index is 12.8. The van der Waals surface area contributed by atoms with E-state index in [1.54, 1.807) is 0 Å². The Labute approximate surface area is 182 Å². The molecule has 1 aliphatic heterocycles. The van der Waals surface area contributed by atoms with E-state index < -0.39 is 0 Å². The Bertz CT molecular complexity index is 733. The molecule has 164 valence electrons. The smallest absolute Gasteiger partial charge is 0.240 e. The molecule has 7 nitrogen and oxygen atoms in total. The third-order valence-corrected chi connectivity index (χ3v) is 6.71. The van der Waals surface area contributed by atoms with Crippen molar-refractivity contribution in [2.45, 2.75) is 55.2 Å². The van der Waals surface area contributed by atoms with E-state index in [1.165, 1.54) is 23.1 Å². The maximum atomic E-state index is 12.8. The molecule has 3 amide bonds. The molecule has 1 unspecified atom stereocenters. The van der Waals surface area contributed by atoms with E-state index in [9.17, 15) is 14.4 Å². The van der Waals surface area contributed by atoms with Crippen molar-refractivity contribution in [3.8, 4) is 0 Å². The Morgan fingerprint density at radius 3 is 2.63 bits per heavy atom. The monoisotopic (exact) mass is 433 g/mol. The highest BCUT2D eigenvalue weighted by molar-refractivity contribution is 8.00. The van der Waals surface area contributed by atoms with Crippen molar-refractivity contribution in [1.82, 2.24) is 10.2 Å². The highest BCUT2D eigenvalue weighted by Gasteiger charge is 2.25. The summed E-state index contributed by atoms with van der Waals surface area (Å²) < 4.78 is 5.32. The van der Waals surface area contributed by atoms with Crippen LogP contribution in [0.3, 0.4) is 0 Å². The average Bonchev–Trinajstić information content (AvgIpc) is 2.78. The molecule has 0 bridgehead atoms. The number of anilines is 1. The zero-order chi connectivity index (χ0) is 21.3. The van der Waals surface area contributed by atoms with Crippen LogP contribution in [-0.4, -0.2) is 67.3 Å². The number of rotatable bonds is 8. The lowest BCUT2D eigenvalue weighted by atomic mass is 9.95. The van der Waals surface area contributed by atoms with Gasteiger partial charge < -0.3 is 19.9 Å². The topological polar surface area (TPSA) is 79.0 Å². The lowest BCUT2D eigenvalue weighted by Crippen LogP contribution is -2.44. The molecule has 1 heterocycles. The second-order valence-electron chi connectivity index (χ2n) is 7.80. The first-order valence-corrected chi connectivity index (χ1v) is 11.6. The molecule has 0 radical (unpaired) electrons. The Morgan fingerprint density at radius 1 is 1.23 bits per heavy atom. The van der Waals surface area contributed by atoms with Crippen molar-refractivity contribution in [1.29, 1.82) is 0 Å². The molecule has 1 aromatic rings. The number of hydrogen-bond acceptors (Lipinski definition) is 5. The van der Waals surface area contributed by atoms with Crippen LogP contribution in [0, 0.1) is 0 Å². The summed E-state index contributed by atoms with van der Waals surface area (Å²) in [5.41, 5.74) is 0.651. The summed E-state index contributed by atoms with van der Waals surface area (Å²) in [7, 11) is 0. The van der Waals surface area contributed by atoms with Crippen LogP contribution in [0.1, 0.15) is 39.0 Å². The summed E-state index contributed by atoms with van der Waals surface area (Å²) in [6, 6.07) is 7.62. The number of nitrogens with zero attached hydrogens (tertiary/aromatic N) is 2. The van der Waals surface area contributed by atoms with Gasteiger partial charge in [-0.1, -0.05) is 31.4 Å². The lowest BCUT2D eigenvalue weighted by molar-refractivity contribution is -0.134. The SMILES string of the molecule is CC(Sc1ccccc1N(C=O)CC(=O)NC1CCCCC1)C(=O)N1CCOCC1. The molecule has 2 aliphatic rings. The molecular weight excluding hydrogens is 402 g/mol. The number of thioether (sulfide) groups is 1. The molecule has 3 rings (SSSR count). The van der Waals surface area contributed by atoms with Crippen molar-refractivity contribution in [2.75, 3.05) is 37.7 Å². The number of benzene rings is 1. The van der Waals surface area contributed by atoms with E-state index in [0.29, 0.717) is 38.4 Å².